The van der Waals surface area contributed by atoms with E-state index in [0.29, 0.717) is 34.9 Å². The monoisotopic (exact) mass is 333 g/mol. The van der Waals surface area contributed by atoms with Crippen molar-refractivity contribution in [3.63, 3.8) is 0 Å². The van der Waals surface area contributed by atoms with Crippen molar-refractivity contribution in [2.75, 3.05) is 23.8 Å². The highest BCUT2D eigenvalue weighted by atomic mass is 19.1. The standard InChI is InChI=1S/C17H20FN3O3/c1-10-16(11(2)24-21-10)17(22)20-12-5-6-15(14(18)8-12)19-9-13-4-3-7-23-13/h5-6,8,13,19H,3-4,7,9H2,1-2H3,(H,20,22)/t13-/m1/s1. The van der Waals surface area contributed by atoms with Gasteiger partial charge in [-0.3, -0.25) is 4.79 Å². The Morgan fingerprint density at radius 2 is 2.25 bits per heavy atom. The number of nitrogens with zero attached hydrogens (tertiary/aromatic N) is 1. The van der Waals surface area contributed by atoms with Crippen LogP contribution in [-0.4, -0.2) is 30.3 Å². The summed E-state index contributed by atoms with van der Waals surface area (Å²) in [6, 6.07) is 4.54. The van der Waals surface area contributed by atoms with Crippen molar-refractivity contribution >= 4 is 17.3 Å². The normalized spacial score (nSPS) is 17.0. The van der Waals surface area contributed by atoms with E-state index >= 15 is 0 Å². The molecule has 1 aliphatic rings. The second-order valence-electron chi connectivity index (χ2n) is 5.86. The minimum atomic E-state index is -0.426. The van der Waals surface area contributed by atoms with E-state index in [0.717, 1.165) is 19.4 Å². The van der Waals surface area contributed by atoms with Gasteiger partial charge in [-0.2, -0.15) is 0 Å². The van der Waals surface area contributed by atoms with Crippen molar-refractivity contribution in [2.24, 2.45) is 0 Å². The summed E-state index contributed by atoms with van der Waals surface area (Å²) in [5, 5.41) is 9.44. The topological polar surface area (TPSA) is 76.4 Å². The molecule has 6 nitrogen and oxygen atoms in total. The molecule has 0 radical (unpaired) electrons. The van der Waals surface area contributed by atoms with Crippen molar-refractivity contribution in [2.45, 2.75) is 32.8 Å². The van der Waals surface area contributed by atoms with Crippen molar-refractivity contribution in [3.8, 4) is 0 Å². The van der Waals surface area contributed by atoms with Gasteiger partial charge in [-0.05, 0) is 44.9 Å². The number of aryl methyl sites for hydroxylation is 2. The molecular weight excluding hydrogens is 313 g/mol. The van der Waals surface area contributed by atoms with Gasteiger partial charge >= 0.3 is 0 Å². The zero-order chi connectivity index (χ0) is 17.1. The molecule has 1 saturated heterocycles. The molecule has 3 rings (SSSR count). The number of amides is 1. The molecule has 128 valence electrons. The van der Waals surface area contributed by atoms with E-state index < -0.39 is 5.82 Å². The molecule has 1 aliphatic heterocycles. The van der Waals surface area contributed by atoms with E-state index in [4.69, 9.17) is 9.26 Å². The lowest BCUT2D eigenvalue weighted by atomic mass is 10.2. The minimum Gasteiger partial charge on any atom is -0.380 e. The van der Waals surface area contributed by atoms with E-state index in [1.165, 1.54) is 6.07 Å². The molecule has 1 aromatic carbocycles. The lowest BCUT2D eigenvalue weighted by Gasteiger charge is -2.13. The number of aromatic nitrogens is 1. The van der Waals surface area contributed by atoms with Crippen LogP contribution in [0.1, 0.15) is 34.7 Å². The summed E-state index contributed by atoms with van der Waals surface area (Å²) in [5.41, 5.74) is 1.64. The Morgan fingerprint density at radius 1 is 1.42 bits per heavy atom. The summed E-state index contributed by atoms with van der Waals surface area (Å²) >= 11 is 0. The number of hydrogen-bond acceptors (Lipinski definition) is 5. The van der Waals surface area contributed by atoms with Gasteiger partial charge in [0.2, 0.25) is 0 Å². The highest BCUT2D eigenvalue weighted by Crippen LogP contribution is 2.22. The zero-order valence-corrected chi connectivity index (χ0v) is 13.7. The van der Waals surface area contributed by atoms with Crippen LogP contribution in [0, 0.1) is 19.7 Å². The van der Waals surface area contributed by atoms with E-state index in [2.05, 4.69) is 15.8 Å². The largest absolute Gasteiger partial charge is 0.380 e. The predicted molar refractivity (Wildman–Crippen MR) is 87.8 cm³/mol. The number of carbonyl (C=O) groups excluding carboxylic acids is 1. The van der Waals surface area contributed by atoms with Crippen LogP contribution in [0.4, 0.5) is 15.8 Å². The smallest absolute Gasteiger partial charge is 0.261 e. The van der Waals surface area contributed by atoms with Crippen LogP contribution in [0.3, 0.4) is 0 Å². The maximum atomic E-state index is 14.2. The summed E-state index contributed by atoms with van der Waals surface area (Å²) in [7, 11) is 0. The van der Waals surface area contributed by atoms with E-state index in [9.17, 15) is 9.18 Å². The van der Waals surface area contributed by atoms with Crippen LogP contribution >= 0.6 is 0 Å². The second kappa shape index (κ2) is 7.00. The Bertz CT molecular complexity index is 719. The van der Waals surface area contributed by atoms with Gasteiger partial charge in [0.05, 0.1) is 17.5 Å². The maximum absolute atomic E-state index is 14.2. The highest BCUT2D eigenvalue weighted by molar-refractivity contribution is 6.05. The fourth-order valence-corrected chi connectivity index (χ4v) is 2.77. The molecule has 0 bridgehead atoms. The predicted octanol–water partition coefficient (Wildman–Crippen LogP) is 3.27. The second-order valence-corrected chi connectivity index (χ2v) is 5.86. The Kier molecular flexibility index (Phi) is 4.80. The molecule has 0 saturated carbocycles. The number of rotatable bonds is 5. The molecule has 1 fully saturated rings. The highest BCUT2D eigenvalue weighted by Gasteiger charge is 2.18. The van der Waals surface area contributed by atoms with Crippen LogP contribution < -0.4 is 10.6 Å². The molecule has 24 heavy (non-hydrogen) atoms. The number of hydrogen-bond donors (Lipinski definition) is 2. The van der Waals surface area contributed by atoms with E-state index in [1.807, 2.05) is 0 Å². The van der Waals surface area contributed by atoms with Crippen LogP contribution in [0.25, 0.3) is 0 Å². The summed E-state index contributed by atoms with van der Waals surface area (Å²) < 4.78 is 24.7. The molecule has 0 aliphatic carbocycles. The van der Waals surface area contributed by atoms with Crippen LogP contribution in [0.2, 0.25) is 0 Å². The fourth-order valence-electron chi connectivity index (χ4n) is 2.77. The number of carbonyl (C=O) groups is 1. The molecular formula is C17H20FN3O3. The maximum Gasteiger partial charge on any atom is 0.261 e. The molecule has 1 atom stereocenters. The summed E-state index contributed by atoms with van der Waals surface area (Å²) in [5.74, 6) is -0.365. The van der Waals surface area contributed by atoms with Gasteiger partial charge in [-0.1, -0.05) is 5.16 Å². The van der Waals surface area contributed by atoms with Gasteiger partial charge in [0.1, 0.15) is 17.1 Å². The molecule has 2 aromatic rings. The number of benzene rings is 1. The summed E-state index contributed by atoms with van der Waals surface area (Å²) in [4.78, 5) is 12.2. The van der Waals surface area contributed by atoms with Gasteiger partial charge in [0.25, 0.3) is 5.91 Å². The van der Waals surface area contributed by atoms with Gasteiger partial charge in [-0.25, -0.2) is 4.39 Å². The lowest BCUT2D eigenvalue weighted by molar-refractivity contribution is 0.102. The van der Waals surface area contributed by atoms with Crippen LogP contribution in [0.15, 0.2) is 22.7 Å². The first kappa shape index (κ1) is 16.4. The molecule has 1 amide bonds. The number of halogens is 1. The third-order valence-corrected chi connectivity index (χ3v) is 4.03. The average molecular weight is 333 g/mol. The summed E-state index contributed by atoms with van der Waals surface area (Å²) in [6.45, 7) is 4.68. The van der Waals surface area contributed by atoms with Crippen LogP contribution in [0.5, 0.6) is 0 Å². The minimum absolute atomic E-state index is 0.128. The third-order valence-electron chi connectivity index (χ3n) is 4.03. The first-order valence-electron chi connectivity index (χ1n) is 7.94. The first-order chi connectivity index (χ1) is 11.5. The quantitative estimate of drug-likeness (QED) is 0.878. The molecule has 2 heterocycles. The lowest BCUT2D eigenvalue weighted by Crippen LogP contribution is -2.19. The van der Waals surface area contributed by atoms with Gasteiger partial charge in [0.15, 0.2) is 0 Å². The Labute approximate surface area is 139 Å². The number of anilines is 2. The van der Waals surface area contributed by atoms with Crippen molar-refractivity contribution < 1.29 is 18.4 Å². The third kappa shape index (κ3) is 3.56. The van der Waals surface area contributed by atoms with Crippen LogP contribution in [-0.2, 0) is 4.74 Å². The van der Waals surface area contributed by atoms with Crippen molar-refractivity contribution in [3.05, 3.63) is 41.0 Å². The molecule has 7 heteroatoms. The Balaban J connectivity index is 1.64. The molecule has 0 spiro atoms. The van der Waals surface area contributed by atoms with Gasteiger partial charge in [0, 0.05) is 18.8 Å². The number of nitrogens with one attached hydrogen (secondary N) is 2. The molecule has 0 unspecified atom stereocenters. The molecule has 2 N–H and O–H groups in total. The SMILES string of the molecule is Cc1noc(C)c1C(=O)Nc1ccc(NC[C@H]2CCCO2)c(F)c1. The first-order valence-corrected chi connectivity index (χ1v) is 7.94. The van der Waals surface area contributed by atoms with Crippen molar-refractivity contribution in [1.29, 1.82) is 0 Å². The van der Waals surface area contributed by atoms with Gasteiger partial charge in [-0.15, -0.1) is 0 Å². The Morgan fingerprint density at radius 3 is 2.88 bits per heavy atom. The number of ether oxygens (including phenoxy) is 1. The van der Waals surface area contributed by atoms with E-state index in [-0.39, 0.29) is 12.0 Å². The van der Waals surface area contributed by atoms with Crippen molar-refractivity contribution in [1.82, 2.24) is 5.16 Å². The Hall–Kier alpha value is -2.41. The fraction of sp³-hybridized carbons (Fsp3) is 0.412. The summed E-state index contributed by atoms with van der Waals surface area (Å²) in [6.07, 6.45) is 2.16. The van der Waals surface area contributed by atoms with E-state index in [1.54, 1.807) is 26.0 Å². The zero-order valence-electron chi connectivity index (χ0n) is 13.7. The van der Waals surface area contributed by atoms with Gasteiger partial charge < -0.3 is 19.9 Å². The molecule has 1 aromatic heterocycles. The average Bonchev–Trinajstić information content (AvgIpc) is 3.16.